The third kappa shape index (κ3) is 17.7. The summed E-state index contributed by atoms with van der Waals surface area (Å²) < 4.78 is 53.8. The topological polar surface area (TPSA) is 165 Å². The average Bonchev–Trinajstić information content (AvgIpc) is 3.02. The number of nitrogens with one attached hydrogen (secondary N) is 3. The second kappa shape index (κ2) is 21.6. The van der Waals surface area contributed by atoms with Crippen molar-refractivity contribution in [2.45, 2.75) is 95.6 Å². The summed E-state index contributed by atoms with van der Waals surface area (Å²) in [5, 5.41) is 17.8. The van der Waals surface area contributed by atoms with Crippen molar-refractivity contribution < 1.29 is 42.1 Å². The molecule has 2 aromatic rings. The molecule has 0 aliphatic heterocycles. The highest BCUT2D eigenvalue weighted by molar-refractivity contribution is 7.89. The van der Waals surface area contributed by atoms with Gasteiger partial charge in [-0.3, -0.25) is 0 Å². The second-order valence-electron chi connectivity index (χ2n) is 15.6. The quantitative estimate of drug-likeness (QED) is 0.0513. The van der Waals surface area contributed by atoms with Gasteiger partial charge in [-0.2, -0.15) is 4.31 Å². The summed E-state index contributed by atoms with van der Waals surface area (Å²) in [4.78, 5) is 24.6. The second-order valence-corrected chi connectivity index (χ2v) is 28.8. The smallest absolute Gasteiger partial charge is 0.404 e. The minimum Gasteiger partial charge on any atom is -0.465 e. The summed E-state index contributed by atoms with van der Waals surface area (Å²) in [5.74, 6) is 0.158. The summed E-state index contributed by atoms with van der Waals surface area (Å²) in [5.41, 5.74) is 1.01. The van der Waals surface area contributed by atoms with Crippen LogP contribution in [0, 0.1) is 5.92 Å². The van der Waals surface area contributed by atoms with Crippen molar-refractivity contribution in [3.63, 3.8) is 0 Å². The van der Waals surface area contributed by atoms with E-state index in [4.69, 9.17) is 18.9 Å². The molecule has 3 amide bonds. The van der Waals surface area contributed by atoms with Crippen LogP contribution in [0.2, 0.25) is 51.4 Å². The molecular weight excluding hydrogens is 721 g/mol. The Hall–Kier alpha value is -3.00. The van der Waals surface area contributed by atoms with Gasteiger partial charge in [-0.1, -0.05) is 83.5 Å². The maximum atomic E-state index is 14.5. The Labute approximate surface area is 313 Å². The minimum atomic E-state index is -4.22. The normalized spacial score (nSPS) is 13.5. The summed E-state index contributed by atoms with van der Waals surface area (Å²) in [6.45, 7) is 20.1. The zero-order chi connectivity index (χ0) is 39.0. The van der Waals surface area contributed by atoms with Crippen molar-refractivity contribution in [2.75, 3.05) is 51.8 Å². The van der Waals surface area contributed by atoms with Crippen LogP contribution in [0.15, 0.2) is 53.4 Å². The molecule has 0 saturated heterocycles. The van der Waals surface area contributed by atoms with Crippen molar-refractivity contribution in [3.8, 4) is 5.75 Å². The number of urea groups is 1. The Morgan fingerprint density at radius 1 is 0.885 bits per heavy atom. The highest BCUT2D eigenvalue weighted by Crippen LogP contribution is 2.30. The van der Waals surface area contributed by atoms with Gasteiger partial charge in [0.2, 0.25) is 10.0 Å². The lowest BCUT2D eigenvalue weighted by Crippen LogP contribution is -2.52. The largest absolute Gasteiger partial charge is 0.465 e. The van der Waals surface area contributed by atoms with Gasteiger partial charge in [0.05, 0.1) is 22.7 Å². The Morgan fingerprint density at radius 2 is 1.50 bits per heavy atom. The van der Waals surface area contributed by atoms with Gasteiger partial charge in [0.1, 0.15) is 12.5 Å². The minimum absolute atomic E-state index is 0.0709. The van der Waals surface area contributed by atoms with E-state index in [1.54, 1.807) is 6.92 Å². The number of nitrogens with zero attached hydrogens (tertiary/aromatic N) is 1. The molecule has 0 radical (unpaired) electrons. The first-order chi connectivity index (χ1) is 24.3. The van der Waals surface area contributed by atoms with Gasteiger partial charge in [0, 0.05) is 49.0 Å². The summed E-state index contributed by atoms with van der Waals surface area (Å²) in [6.07, 6.45) is -1.91. The molecule has 0 spiro atoms. The van der Waals surface area contributed by atoms with Crippen LogP contribution in [0.5, 0.6) is 5.75 Å². The molecule has 0 saturated carbocycles. The van der Waals surface area contributed by atoms with Crippen molar-refractivity contribution in [1.82, 2.24) is 14.9 Å². The van der Waals surface area contributed by atoms with Gasteiger partial charge >= 0.3 is 12.1 Å². The van der Waals surface area contributed by atoms with Gasteiger partial charge in [0.15, 0.2) is 6.79 Å². The molecule has 2 rings (SSSR count). The fraction of sp³-hybridized carbons (Fsp3) is 0.611. The van der Waals surface area contributed by atoms with Crippen molar-refractivity contribution in [2.24, 2.45) is 5.92 Å². The van der Waals surface area contributed by atoms with Crippen LogP contribution in [0.3, 0.4) is 0 Å². The van der Waals surface area contributed by atoms with Crippen LogP contribution in [0.4, 0.5) is 15.3 Å². The van der Waals surface area contributed by atoms with E-state index in [-0.39, 0.29) is 55.3 Å². The molecule has 2 atom stereocenters. The number of hydrogen-bond acceptors (Lipinski definition) is 8. The van der Waals surface area contributed by atoms with Crippen molar-refractivity contribution in [1.29, 1.82) is 0 Å². The molecule has 0 bridgehead atoms. The highest BCUT2D eigenvalue weighted by atomic mass is 32.2. The third-order valence-electron chi connectivity index (χ3n) is 7.84. The van der Waals surface area contributed by atoms with Gasteiger partial charge in [0.25, 0.3) is 0 Å². The lowest BCUT2D eigenvalue weighted by atomic mass is 10.0. The predicted molar refractivity (Wildman–Crippen MR) is 211 cm³/mol. The number of rotatable bonds is 24. The number of amides is 3. The van der Waals surface area contributed by atoms with Crippen LogP contribution in [-0.2, 0) is 30.7 Å². The molecule has 0 aliphatic rings. The van der Waals surface area contributed by atoms with Gasteiger partial charge in [-0.25, -0.2) is 18.0 Å². The molecule has 0 aromatic heterocycles. The Kier molecular flexibility index (Phi) is 18.8. The number of benzene rings is 2. The zero-order valence-electron chi connectivity index (χ0n) is 32.5. The Balaban J connectivity index is 2.48. The number of carboxylic acid groups (broad SMARTS) is 1. The van der Waals surface area contributed by atoms with Crippen LogP contribution >= 0.6 is 0 Å². The number of sulfonamides is 1. The molecular formula is C36H62N4O9SSi2. The summed E-state index contributed by atoms with van der Waals surface area (Å²) in [7, 11) is -6.92. The van der Waals surface area contributed by atoms with Crippen LogP contribution in [0.25, 0.3) is 0 Å². The van der Waals surface area contributed by atoms with E-state index < -0.39 is 50.4 Å². The summed E-state index contributed by atoms with van der Waals surface area (Å²) >= 11 is 0. The monoisotopic (exact) mass is 782 g/mol. The maximum Gasteiger partial charge on any atom is 0.404 e. The van der Waals surface area contributed by atoms with E-state index in [1.807, 2.05) is 44.2 Å². The number of carbonyl (C=O) groups excluding carboxylic acids is 1. The molecule has 2 aromatic carbocycles. The standard InChI is InChI=1S/C36H62N4O9SSi2/c1-10-37-35(41)38-32-23-30(16-17-33(32)48-26-46-18-20-51(4,5)6)50(44,45)40(24-28(2)3)25-34(49-27-47-19-21-52(7,8)9)31(39-36(42)43)22-29-14-12-11-13-15-29/h11-17,23,28,31,34,39H,10,18-22,24-27H2,1-9H3,(H,42,43)(H2,37,38,41)/t31-,34-/m0/s1. The third-order valence-corrected chi connectivity index (χ3v) is 13.1. The van der Waals surface area contributed by atoms with Crippen LogP contribution in [-0.4, -0.2) is 105 Å². The molecule has 294 valence electrons. The van der Waals surface area contributed by atoms with E-state index in [9.17, 15) is 23.1 Å². The predicted octanol–water partition coefficient (Wildman–Crippen LogP) is 6.74. The van der Waals surface area contributed by atoms with E-state index in [2.05, 4.69) is 55.2 Å². The SMILES string of the molecule is CCNC(=O)Nc1cc(S(=O)(=O)N(CC(C)C)C[C@H](OCOCC[Si](C)(C)C)[C@H](Cc2ccccc2)NC(=O)O)ccc1OCOCC[Si](C)(C)C. The molecule has 13 nitrogen and oxygen atoms in total. The van der Waals surface area contributed by atoms with E-state index >= 15 is 0 Å². The summed E-state index contributed by atoms with van der Waals surface area (Å²) in [6, 6.07) is 14.2. The number of hydrogen-bond donors (Lipinski definition) is 4. The number of anilines is 1. The van der Waals surface area contributed by atoms with Crippen molar-refractivity contribution >= 4 is 44.0 Å². The van der Waals surface area contributed by atoms with Gasteiger partial charge < -0.3 is 40.0 Å². The molecule has 4 N–H and O–H groups in total. The molecule has 0 unspecified atom stereocenters. The van der Waals surface area contributed by atoms with Crippen LogP contribution < -0.4 is 20.7 Å². The fourth-order valence-corrected chi connectivity index (χ4v) is 8.12. The van der Waals surface area contributed by atoms with Gasteiger partial charge in [-0.15, -0.1) is 0 Å². The number of carbonyl (C=O) groups is 2. The fourth-order valence-electron chi connectivity index (χ4n) is 4.96. The van der Waals surface area contributed by atoms with Crippen LogP contribution in [0.1, 0.15) is 26.3 Å². The Morgan fingerprint density at radius 3 is 2.06 bits per heavy atom. The number of ether oxygens (including phenoxy) is 4. The van der Waals surface area contributed by atoms with Gasteiger partial charge in [-0.05, 0) is 55.1 Å². The molecule has 16 heteroatoms. The highest BCUT2D eigenvalue weighted by Gasteiger charge is 2.34. The molecule has 0 heterocycles. The average molecular weight is 783 g/mol. The van der Waals surface area contributed by atoms with E-state index in [1.165, 1.54) is 22.5 Å². The maximum absolute atomic E-state index is 14.5. The first-order valence-corrected chi connectivity index (χ1v) is 26.8. The molecule has 52 heavy (non-hydrogen) atoms. The zero-order valence-corrected chi connectivity index (χ0v) is 35.3. The lowest BCUT2D eigenvalue weighted by molar-refractivity contribution is -0.0993. The first-order valence-electron chi connectivity index (χ1n) is 17.9. The molecule has 0 aliphatic carbocycles. The van der Waals surface area contributed by atoms with E-state index in [0.717, 1.165) is 17.7 Å². The lowest BCUT2D eigenvalue weighted by Gasteiger charge is -2.33. The van der Waals surface area contributed by atoms with E-state index in [0.29, 0.717) is 19.8 Å². The Bertz CT molecular complexity index is 1490. The first kappa shape index (κ1) is 45.2. The van der Waals surface area contributed by atoms with Crippen molar-refractivity contribution in [3.05, 3.63) is 54.1 Å². The molecule has 0 fully saturated rings.